The van der Waals surface area contributed by atoms with Crippen molar-refractivity contribution in [2.45, 2.75) is 36.7 Å². The number of hydrogen-bond donors (Lipinski definition) is 0. The van der Waals surface area contributed by atoms with Crippen molar-refractivity contribution in [1.29, 1.82) is 5.26 Å². The summed E-state index contributed by atoms with van der Waals surface area (Å²) < 4.78 is 0. The van der Waals surface area contributed by atoms with Crippen LogP contribution in [0.5, 0.6) is 0 Å². The summed E-state index contributed by atoms with van der Waals surface area (Å²) in [6, 6.07) is 5.97. The van der Waals surface area contributed by atoms with Gasteiger partial charge in [0.25, 0.3) is 0 Å². The van der Waals surface area contributed by atoms with E-state index >= 15 is 0 Å². The van der Waals surface area contributed by atoms with Gasteiger partial charge < -0.3 is 0 Å². The van der Waals surface area contributed by atoms with Gasteiger partial charge in [-0.1, -0.05) is 12.8 Å². The molecule has 1 aromatic heterocycles. The minimum Gasteiger partial charge on any atom is -0.246 e. The van der Waals surface area contributed by atoms with Crippen LogP contribution in [0.1, 0.15) is 36.9 Å². The van der Waals surface area contributed by atoms with Gasteiger partial charge >= 0.3 is 0 Å². The maximum absolute atomic E-state index is 8.72. The van der Waals surface area contributed by atoms with Crippen LogP contribution in [-0.2, 0) is 5.75 Å². The Morgan fingerprint density at radius 3 is 3.00 bits per heavy atom. The van der Waals surface area contributed by atoms with Gasteiger partial charge in [0.1, 0.15) is 11.8 Å². The number of rotatable bonds is 3. The van der Waals surface area contributed by atoms with E-state index in [0.29, 0.717) is 5.69 Å². The lowest BCUT2D eigenvalue weighted by Crippen LogP contribution is -1.95. The molecular formula is C12H14N2S. The standard InChI is InChI=1S/C12H14N2S/c13-8-11-7-10(5-6-14-11)9-15-12-3-1-2-4-12/h5-7,12H,1-4,9H2. The van der Waals surface area contributed by atoms with E-state index < -0.39 is 0 Å². The number of nitriles is 1. The second-order valence-corrected chi connectivity index (χ2v) is 5.17. The van der Waals surface area contributed by atoms with Gasteiger partial charge in [0.05, 0.1) is 0 Å². The van der Waals surface area contributed by atoms with Crippen LogP contribution >= 0.6 is 11.8 Å². The van der Waals surface area contributed by atoms with Gasteiger partial charge in [0.15, 0.2) is 0 Å². The number of thioether (sulfide) groups is 1. The van der Waals surface area contributed by atoms with Crippen LogP contribution in [0.15, 0.2) is 18.3 Å². The molecule has 0 aliphatic heterocycles. The highest BCUT2D eigenvalue weighted by molar-refractivity contribution is 7.99. The van der Waals surface area contributed by atoms with Crippen molar-refractivity contribution in [3.8, 4) is 6.07 Å². The summed E-state index contributed by atoms with van der Waals surface area (Å²) in [5.74, 6) is 1.02. The van der Waals surface area contributed by atoms with E-state index in [4.69, 9.17) is 5.26 Å². The van der Waals surface area contributed by atoms with Crippen molar-refractivity contribution >= 4 is 11.8 Å². The maximum Gasteiger partial charge on any atom is 0.140 e. The van der Waals surface area contributed by atoms with Crippen molar-refractivity contribution in [3.63, 3.8) is 0 Å². The van der Waals surface area contributed by atoms with E-state index in [1.165, 1.54) is 31.2 Å². The monoisotopic (exact) mass is 218 g/mol. The fraction of sp³-hybridized carbons (Fsp3) is 0.500. The molecule has 1 aliphatic rings. The molecule has 78 valence electrons. The van der Waals surface area contributed by atoms with Gasteiger partial charge in [-0.3, -0.25) is 0 Å². The van der Waals surface area contributed by atoms with E-state index in [9.17, 15) is 0 Å². The zero-order chi connectivity index (χ0) is 10.5. The largest absolute Gasteiger partial charge is 0.246 e. The first-order chi connectivity index (χ1) is 7.38. The molecule has 0 spiro atoms. The SMILES string of the molecule is N#Cc1cc(CSC2CCCC2)ccn1. The van der Waals surface area contributed by atoms with Crippen LogP contribution in [0.4, 0.5) is 0 Å². The molecule has 0 N–H and O–H groups in total. The zero-order valence-electron chi connectivity index (χ0n) is 8.65. The number of nitrogens with zero attached hydrogens (tertiary/aromatic N) is 2. The molecule has 0 aromatic carbocycles. The highest BCUT2D eigenvalue weighted by Gasteiger charge is 2.14. The maximum atomic E-state index is 8.72. The summed E-state index contributed by atoms with van der Waals surface area (Å²) in [7, 11) is 0. The first-order valence-corrected chi connectivity index (χ1v) is 6.40. The summed E-state index contributed by atoms with van der Waals surface area (Å²) in [5.41, 5.74) is 1.75. The summed E-state index contributed by atoms with van der Waals surface area (Å²) in [6.07, 6.45) is 7.22. The molecule has 1 saturated carbocycles. The van der Waals surface area contributed by atoms with Crippen LogP contribution in [0.2, 0.25) is 0 Å². The Hall–Kier alpha value is -1.01. The Balaban J connectivity index is 1.90. The summed E-state index contributed by atoms with van der Waals surface area (Å²) in [6.45, 7) is 0. The van der Waals surface area contributed by atoms with E-state index in [0.717, 1.165) is 11.0 Å². The van der Waals surface area contributed by atoms with Crippen molar-refractivity contribution < 1.29 is 0 Å². The third kappa shape index (κ3) is 2.97. The molecule has 0 unspecified atom stereocenters. The van der Waals surface area contributed by atoms with Gasteiger partial charge in [-0.2, -0.15) is 17.0 Å². The molecule has 15 heavy (non-hydrogen) atoms. The minimum atomic E-state index is 0.527. The third-order valence-corrected chi connectivity index (χ3v) is 4.17. The van der Waals surface area contributed by atoms with Crippen molar-refractivity contribution in [2.24, 2.45) is 0 Å². The molecule has 0 saturated heterocycles. The Bertz CT molecular complexity index is 364. The average molecular weight is 218 g/mol. The van der Waals surface area contributed by atoms with Crippen molar-refractivity contribution in [2.75, 3.05) is 0 Å². The molecule has 2 rings (SSSR count). The second kappa shape index (κ2) is 5.18. The average Bonchev–Trinajstić information content (AvgIpc) is 2.79. The molecule has 1 fully saturated rings. The van der Waals surface area contributed by atoms with E-state index in [-0.39, 0.29) is 0 Å². The first-order valence-electron chi connectivity index (χ1n) is 5.35. The van der Waals surface area contributed by atoms with Crippen LogP contribution in [0.3, 0.4) is 0 Å². The lowest BCUT2D eigenvalue weighted by atomic mass is 10.2. The predicted octanol–water partition coefficient (Wildman–Crippen LogP) is 3.13. The second-order valence-electron chi connectivity index (χ2n) is 3.88. The molecule has 3 heteroatoms. The van der Waals surface area contributed by atoms with E-state index in [1.807, 2.05) is 23.9 Å². The molecule has 0 amide bonds. The Morgan fingerprint density at radius 2 is 2.27 bits per heavy atom. The molecule has 2 nitrogen and oxygen atoms in total. The Morgan fingerprint density at radius 1 is 1.47 bits per heavy atom. The summed E-state index contributed by atoms with van der Waals surface area (Å²) in [5, 5.41) is 9.56. The van der Waals surface area contributed by atoms with Gasteiger partial charge in [-0.15, -0.1) is 0 Å². The number of hydrogen-bond acceptors (Lipinski definition) is 3. The third-order valence-electron chi connectivity index (χ3n) is 2.73. The molecule has 1 aromatic rings. The summed E-state index contributed by atoms with van der Waals surface area (Å²) >= 11 is 2.02. The fourth-order valence-corrected chi connectivity index (χ4v) is 3.17. The van der Waals surface area contributed by atoms with Gasteiger partial charge in [-0.25, -0.2) is 4.98 Å². The predicted molar refractivity (Wildman–Crippen MR) is 62.5 cm³/mol. The number of pyridine rings is 1. The van der Waals surface area contributed by atoms with Crippen molar-refractivity contribution in [1.82, 2.24) is 4.98 Å². The Labute approximate surface area is 94.7 Å². The molecule has 0 radical (unpaired) electrons. The summed E-state index contributed by atoms with van der Waals surface area (Å²) in [4.78, 5) is 3.97. The quantitative estimate of drug-likeness (QED) is 0.782. The fourth-order valence-electron chi connectivity index (χ4n) is 1.89. The van der Waals surface area contributed by atoms with E-state index in [2.05, 4.69) is 11.1 Å². The zero-order valence-corrected chi connectivity index (χ0v) is 9.46. The van der Waals surface area contributed by atoms with Gasteiger partial charge in [0.2, 0.25) is 0 Å². The van der Waals surface area contributed by atoms with Crippen LogP contribution in [-0.4, -0.2) is 10.2 Å². The number of aromatic nitrogens is 1. The van der Waals surface area contributed by atoms with E-state index in [1.54, 1.807) is 6.20 Å². The minimum absolute atomic E-state index is 0.527. The molecule has 1 aliphatic carbocycles. The van der Waals surface area contributed by atoms with Crippen molar-refractivity contribution in [3.05, 3.63) is 29.6 Å². The highest BCUT2D eigenvalue weighted by Crippen LogP contribution is 2.31. The first kappa shape index (κ1) is 10.5. The molecule has 0 bridgehead atoms. The lowest BCUT2D eigenvalue weighted by Gasteiger charge is -2.08. The van der Waals surface area contributed by atoms with Gasteiger partial charge in [0, 0.05) is 17.2 Å². The highest BCUT2D eigenvalue weighted by atomic mass is 32.2. The molecule has 1 heterocycles. The molecule has 0 atom stereocenters. The van der Waals surface area contributed by atoms with Crippen LogP contribution in [0, 0.1) is 11.3 Å². The van der Waals surface area contributed by atoms with Crippen LogP contribution < -0.4 is 0 Å². The lowest BCUT2D eigenvalue weighted by molar-refractivity contribution is 0.886. The Kier molecular flexibility index (Phi) is 3.63. The van der Waals surface area contributed by atoms with Crippen LogP contribution in [0.25, 0.3) is 0 Å². The molecular weight excluding hydrogens is 204 g/mol. The smallest absolute Gasteiger partial charge is 0.140 e. The topological polar surface area (TPSA) is 36.7 Å². The van der Waals surface area contributed by atoms with Gasteiger partial charge in [-0.05, 0) is 30.5 Å². The normalized spacial score (nSPS) is 16.5.